The first-order valence-corrected chi connectivity index (χ1v) is 7.70. The van der Waals surface area contributed by atoms with Gasteiger partial charge in [0, 0.05) is 4.47 Å². The lowest BCUT2D eigenvalue weighted by Crippen LogP contribution is -2.04. The predicted molar refractivity (Wildman–Crippen MR) is 86.0 cm³/mol. The Hall–Kier alpha value is -0.500. The van der Waals surface area contributed by atoms with E-state index >= 15 is 0 Å². The van der Waals surface area contributed by atoms with Crippen LogP contribution in [0.1, 0.15) is 18.1 Å². The molecule has 0 fully saturated rings. The summed E-state index contributed by atoms with van der Waals surface area (Å²) in [5.41, 5.74) is 2.32. The van der Waals surface area contributed by atoms with E-state index in [4.69, 9.17) is 23.2 Å². The fourth-order valence-electron chi connectivity index (χ4n) is 2.13. The van der Waals surface area contributed by atoms with E-state index in [1.165, 1.54) is 5.56 Å². The molecule has 0 spiro atoms. The Bertz CT molecular complexity index is 566. The third kappa shape index (κ3) is 4.24. The number of hydrogen-bond acceptors (Lipinski definition) is 0. The molecule has 2 rings (SSSR count). The molecule has 19 heavy (non-hydrogen) atoms. The van der Waals surface area contributed by atoms with Crippen LogP contribution in [0.3, 0.4) is 0 Å². The molecule has 1 unspecified atom stereocenters. The monoisotopic (exact) mass is 355 g/mol. The summed E-state index contributed by atoms with van der Waals surface area (Å²) in [5, 5.41) is 1.23. The first-order chi connectivity index (χ1) is 9.06. The van der Waals surface area contributed by atoms with Gasteiger partial charge in [0.25, 0.3) is 0 Å². The van der Waals surface area contributed by atoms with Crippen LogP contribution in [-0.2, 0) is 12.8 Å². The quantitative estimate of drug-likeness (QED) is 0.632. The zero-order chi connectivity index (χ0) is 13.8. The van der Waals surface area contributed by atoms with Crippen molar-refractivity contribution < 1.29 is 0 Å². The fourth-order valence-corrected chi connectivity index (χ4v) is 2.95. The van der Waals surface area contributed by atoms with Gasteiger partial charge in [0.1, 0.15) is 0 Å². The Morgan fingerprint density at radius 2 is 2.00 bits per heavy atom. The van der Waals surface area contributed by atoms with Gasteiger partial charge in [-0.05, 0) is 54.2 Å². The van der Waals surface area contributed by atoms with Gasteiger partial charge >= 0.3 is 0 Å². The number of halogens is 3. The Labute approximate surface area is 132 Å². The van der Waals surface area contributed by atoms with Crippen LogP contribution in [0.2, 0.25) is 10.0 Å². The van der Waals surface area contributed by atoms with Crippen molar-refractivity contribution in [3.05, 3.63) is 68.1 Å². The molecular formula is C16H14BrCl2. The third-order valence-corrected chi connectivity index (χ3v) is 4.32. The largest absolute Gasteiger partial charge is 0.0827 e. The van der Waals surface area contributed by atoms with Gasteiger partial charge in [0.2, 0.25) is 0 Å². The van der Waals surface area contributed by atoms with E-state index in [1.807, 2.05) is 12.1 Å². The van der Waals surface area contributed by atoms with Gasteiger partial charge in [0.15, 0.2) is 0 Å². The molecule has 99 valence electrons. The lowest BCUT2D eigenvalue weighted by Gasteiger charge is -2.13. The van der Waals surface area contributed by atoms with Crippen molar-refractivity contribution in [1.29, 1.82) is 0 Å². The van der Waals surface area contributed by atoms with Gasteiger partial charge in [-0.3, -0.25) is 0 Å². The van der Waals surface area contributed by atoms with Gasteiger partial charge in [0.05, 0.1) is 10.0 Å². The van der Waals surface area contributed by atoms with Gasteiger partial charge < -0.3 is 0 Å². The molecule has 0 amide bonds. The van der Waals surface area contributed by atoms with Gasteiger partial charge in [-0.2, -0.15) is 0 Å². The molecule has 3 heteroatoms. The molecular weight excluding hydrogens is 343 g/mol. The normalized spacial score (nSPS) is 12.4. The number of rotatable bonds is 4. The molecule has 0 saturated carbocycles. The van der Waals surface area contributed by atoms with Crippen molar-refractivity contribution in [1.82, 2.24) is 0 Å². The van der Waals surface area contributed by atoms with Crippen LogP contribution in [0, 0.1) is 12.0 Å². The summed E-state index contributed by atoms with van der Waals surface area (Å²) < 4.78 is 1.12. The van der Waals surface area contributed by atoms with Crippen LogP contribution in [0.4, 0.5) is 0 Å². The molecule has 0 heterocycles. The lowest BCUT2D eigenvalue weighted by molar-refractivity contribution is 0.577. The zero-order valence-corrected chi connectivity index (χ0v) is 13.7. The second-order valence-corrected chi connectivity index (χ2v) is 6.46. The van der Waals surface area contributed by atoms with Crippen molar-refractivity contribution in [2.75, 3.05) is 0 Å². The summed E-state index contributed by atoms with van der Waals surface area (Å²) in [6.07, 6.45) is 1.89. The molecule has 0 aliphatic rings. The fraction of sp³-hybridized carbons (Fsp3) is 0.250. The maximum atomic E-state index is 6.19. The summed E-state index contributed by atoms with van der Waals surface area (Å²) in [7, 11) is 0. The molecule has 0 saturated heterocycles. The zero-order valence-electron chi connectivity index (χ0n) is 10.6. The van der Waals surface area contributed by atoms with E-state index in [-0.39, 0.29) is 0 Å². The predicted octanol–water partition coefficient (Wildman–Crippen LogP) is 5.98. The van der Waals surface area contributed by atoms with Crippen molar-refractivity contribution >= 4 is 39.1 Å². The van der Waals surface area contributed by atoms with Gasteiger partial charge in [-0.15, -0.1) is 0 Å². The molecule has 2 aromatic rings. The minimum Gasteiger partial charge on any atom is -0.0827 e. The average Bonchev–Trinajstić information content (AvgIpc) is 2.35. The van der Waals surface area contributed by atoms with Crippen molar-refractivity contribution in [3.8, 4) is 0 Å². The van der Waals surface area contributed by atoms with Crippen LogP contribution in [0.15, 0.2) is 40.9 Å². The molecule has 0 aliphatic heterocycles. The number of benzene rings is 2. The minimum atomic E-state index is 0.488. The SMILES string of the molecule is CC(Cc1cccc(Br)c1)Cc1[c]ccc(Cl)c1Cl. The Balaban J connectivity index is 2.05. The van der Waals surface area contributed by atoms with Gasteiger partial charge in [-0.25, -0.2) is 0 Å². The summed E-state index contributed by atoms with van der Waals surface area (Å²) in [4.78, 5) is 0. The first-order valence-electron chi connectivity index (χ1n) is 6.15. The minimum absolute atomic E-state index is 0.488. The molecule has 2 aromatic carbocycles. The molecule has 1 radical (unpaired) electrons. The van der Waals surface area contributed by atoms with Crippen LogP contribution in [0.25, 0.3) is 0 Å². The van der Waals surface area contributed by atoms with E-state index < -0.39 is 0 Å². The van der Waals surface area contributed by atoms with Crippen molar-refractivity contribution in [2.24, 2.45) is 5.92 Å². The molecule has 1 atom stereocenters. The topological polar surface area (TPSA) is 0 Å². The molecule has 0 aromatic heterocycles. The van der Waals surface area contributed by atoms with E-state index in [2.05, 4.69) is 47.1 Å². The molecule has 0 N–H and O–H groups in total. The lowest BCUT2D eigenvalue weighted by atomic mass is 9.94. The van der Waals surface area contributed by atoms with E-state index in [0.29, 0.717) is 16.0 Å². The molecule has 0 nitrogen and oxygen atoms in total. The highest BCUT2D eigenvalue weighted by atomic mass is 79.9. The highest BCUT2D eigenvalue weighted by molar-refractivity contribution is 9.10. The van der Waals surface area contributed by atoms with Crippen LogP contribution >= 0.6 is 39.1 Å². The standard InChI is InChI=1S/C16H14BrCl2/c1-11(8-12-4-2-6-14(17)10-12)9-13-5-3-7-15(18)16(13)19/h2-4,6-7,10-11H,8-9H2,1H3. The molecule has 0 bridgehead atoms. The summed E-state index contributed by atoms with van der Waals surface area (Å²) >= 11 is 15.7. The average molecular weight is 357 g/mol. The van der Waals surface area contributed by atoms with E-state index in [0.717, 1.165) is 22.9 Å². The first kappa shape index (κ1) is 14.9. The van der Waals surface area contributed by atoms with E-state index in [1.54, 1.807) is 6.07 Å². The summed E-state index contributed by atoms with van der Waals surface area (Å²) in [6, 6.07) is 15.2. The number of hydrogen-bond donors (Lipinski definition) is 0. The van der Waals surface area contributed by atoms with Gasteiger partial charge in [-0.1, -0.05) is 64.3 Å². The van der Waals surface area contributed by atoms with Crippen LogP contribution in [0.5, 0.6) is 0 Å². The summed E-state index contributed by atoms with van der Waals surface area (Å²) in [5.74, 6) is 0.488. The van der Waals surface area contributed by atoms with Crippen molar-refractivity contribution in [2.45, 2.75) is 19.8 Å². The second-order valence-electron chi connectivity index (χ2n) is 4.76. The summed E-state index contributed by atoms with van der Waals surface area (Å²) in [6.45, 7) is 2.21. The molecule has 0 aliphatic carbocycles. The smallest absolute Gasteiger partial charge is 0.0630 e. The maximum Gasteiger partial charge on any atom is 0.0630 e. The van der Waals surface area contributed by atoms with E-state index in [9.17, 15) is 0 Å². The highest BCUT2D eigenvalue weighted by Gasteiger charge is 2.10. The van der Waals surface area contributed by atoms with Crippen LogP contribution < -0.4 is 0 Å². The second kappa shape index (κ2) is 6.78. The maximum absolute atomic E-state index is 6.19. The third-order valence-electron chi connectivity index (χ3n) is 2.99. The highest BCUT2D eigenvalue weighted by Crippen LogP contribution is 2.28. The Morgan fingerprint density at radius 1 is 1.21 bits per heavy atom. The van der Waals surface area contributed by atoms with Crippen LogP contribution in [-0.4, -0.2) is 0 Å². The Kier molecular flexibility index (Phi) is 5.32. The Morgan fingerprint density at radius 3 is 2.74 bits per heavy atom. The van der Waals surface area contributed by atoms with Crippen molar-refractivity contribution in [3.63, 3.8) is 0 Å².